The van der Waals surface area contributed by atoms with Gasteiger partial charge in [-0.15, -0.1) is 0 Å². The van der Waals surface area contributed by atoms with E-state index in [1.165, 1.54) is 38.0 Å². The predicted octanol–water partition coefficient (Wildman–Crippen LogP) is 2.58. The summed E-state index contributed by atoms with van der Waals surface area (Å²) in [5.41, 5.74) is 1.32. The van der Waals surface area contributed by atoms with Crippen molar-refractivity contribution in [2.24, 2.45) is 10.9 Å². The molecule has 0 radical (unpaired) electrons. The fourth-order valence-corrected chi connectivity index (χ4v) is 3.48. The van der Waals surface area contributed by atoms with E-state index in [1.807, 2.05) is 7.05 Å². The maximum absolute atomic E-state index is 4.37. The molecule has 1 aromatic rings. The fourth-order valence-electron chi connectivity index (χ4n) is 3.48. The summed E-state index contributed by atoms with van der Waals surface area (Å²) in [6.07, 6.45) is 3.86. The van der Waals surface area contributed by atoms with Crippen molar-refractivity contribution in [3.8, 4) is 0 Å². The summed E-state index contributed by atoms with van der Waals surface area (Å²) in [5, 5.41) is 6.93. The molecule has 1 heterocycles. The third-order valence-electron chi connectivity index (χ3n) is 5.31. The van der Waals surface area contributed by atoms with Gasteiger partial charge in [0.1, 0.15) is 0 Å². The van der Waals surface area contributed by atoms with Gasteiger partial charge in [-0.2, -0.15) is 0 Å². The van der Waals surface area contributed by atoms with Gasteiger partial charge in [-0.1, -0.05) is 37.3 Å². The highest BCUT2D eigenvalue weighted by Gasteiger charge is 2.15. The Bertz CT molecular complexity index is 520. The van der Waals surface area contributed by atoms with Crippen LogP contribution in [-0.2, 0) is 0 Å². The van der Waals surface area contributed by atoms with E-state index in [1.54, 1.807) is 0 Å². The molecule has 1 aromatic carbocycles. The molecule has 0 aromatic heterocycles. The molecule has 0 saturated carbocycles. The molecule has 0 bridgehead atoms. The number of benzene rings is 1. The van der Waals surface area contributed by atoms with Gasteiger partial charge in [0.2, 0.25) is 0 Å². The van der Waals surface area contributed by atoms with Crippen LogP contribution in [0.25, 0.3) is 0 Å². The molecule has 0 spiro atoms. The van der Waals surface area contributed by atoms with Crippen LogP contribution in [0.1, 0.15) is 37.8 Å². The molecule has 2 N–H and O–H groups in total. The largest absolute Gasteiger partial charge is 0.356 e. The van der Waals surface area contributed by atoms with Gasteiger partial charge in [0.05, 0.1) is 6.04 Å². The van der Waals surface area contributed by atoms with Crippen LogP contribution < -0.4 is 10.6 Å². The van der Waals surface area contributed by atoms with Crippen LogP contribution in [0.5, 0.6) is 0 Å². The molecule has 1 atom stereocenters. The Morgan fingerprint density at radius 1 is 1.19 bits per heavy atom. The van der Waals surface area contributed by atoms with E-state index < -0.39 is 0 Å². The van der Waals surface area contributed by atoms with Gasteiger partial charge in [-0.05, 0) is 64.5 Å². The average molecular weight is 360 g/mol. The SMILES string of the molecule is CN=C(NCCCN1CCC(C)CC1)NCC(c1ccccc1)N(C)C. The van der Waals surface area contributed by atoms with E-state index >= 15 is 0 Å². The highest BCUT2D eigenvalue weighted by atomic mass is 15.2. The van der Waals surface area contributed by atoms with Crippen molar-refractivity contribution in [1.29, 1.82) is 0 Å². The maximum atomic E-state index is 4.37. The Morgan fingerprint density at radius 2 is 1.88 bits per heavy atom. The molecule has 5 heteroatoms. The number of nitrogens with zero attached hydrogens (tertiary/aromatic N) is 3. The lowest BCUT2D eigenvalue weighted by atomic mass is 9.99. The number of guanidine groups is 1. The summed E-state index contributed by atoms with van der Waals surface area (Å²) in [6, 6.07) is 10.9. The third-order valence-corrected chi connectivity index (χ3v) is 5.31. The summed E-state index contributed by atoms with van der Waals surface area (Å²) < 4.78 is 0. The van der Waals surface area contributed by atoms with E-state index in [-0.39, 0.29) is 0 Å². The second-order valence-electron chi connectivity index (χ2n) is 7.65. The Balaban J connectivity index is 1.69. The summed E-state index contributed by atoms with van der Waals surface area (Å²) in [4.78, 5) is 9.21. The number of rotatable bonds is 8. The van der Waals surface area contributed by atoms with Crippen LogP contribution in [0.3, 0.4) is 0 Å². The van der Waals surface area contributed by atoms with Crippen molar-refractivity contribution in [3.63, 3.8) is 0 Å². The van der Waals surface area contributed by atoms with Crippen molar-refractivity contribution < 1.29 is 0 Å². The second kappa shape index (κ2) is 11.2. The summed E-state index contributed by atoms with van der Waals surface area (Å²) in [5.74, 6) is 1.79. The molecule has 2 rings (SSSR count). The summed E-state index contributed by atoms with van der Waals surface area (Å²) >= 11 is 0. The first kappa shape index (κ1) is 20.7. The number of likely N-dealkylation sites (N-methyl/N-ethyl adjacent to an activating group) is 1. The minimum atomic E-state index is 0.324. The van der Waals surface area contributed by atoms with Gasteiger partial charge >= 0.3 is 0 Å². The van der Waals surface area contributed by atoms with Gasteiger partial charge in [-0.25, -0.2) is 0 Å². The standard InChI is InChI=1S/C21H37N5/c1-18-11-15-26(16-12-18)14-8-13-23-21(22-2)24-17-20(25(3)4)19-9-6-5-7-10-19/h5-7,9-10,18,20H,8,11-17H2,1-4H3,(H2,22,23,24). The van der Waals surface area contributed by atoms with E-state index in [9.17, 15) is 0 Å². The first-order valence-corrected chi connectivity index (χ1v) is 9.98. The molecule has 1 saturated heterocycles. The molecular formula is C21H37N5. The van der Waals surface area contributed by atoms with Crippen molar-refractivity contribution in [2.45, 2.75) is 32.2 Å². The van der Waals surface area contributed by atoms with Crippen LogP contribution in [0, 0.1) is 5.92 Å². The molecule has 146 valence electrons. The van der Waals surface area contributed by atoms with E-state index in [0.717, 1.165) is 31.4 Å². The van der Waals surface area contributed by atoms with Gasteiger partial charge in [0.25, 0.3) is 0 Å². The van der Waals surface area contributed by atoms with Gasteiger partial charge < -0.3 is 20.4 Å². The van der Waals surface area contributed by atoms with Crippen molar-refractivity contribution in [2.75, 3.05) is 53.9 Å². The lowest BCUT2D eigenvalue weighted by Gasteiger charge is -2.30. The van der Waals surface area contributed by atoms with Crippen molar-refractivity contribution in [1.82, 2.24) is 20.4 Å². The average Bonchev–Trinajstić information content (AvgIpc) is 2.65. The van der Waals surface area contributed by atoms with Crippen LogP contribution in [-0.4, -0.2) is 69.6 Å². The van der Waals surface area contributed by atoms with Gasteiger partial charge in [0.15, 0.2) is 5.96 Å². The first-order valence-electron chi connectivity index (χ1n) is 9.98. The predicted molar refractivity (Wildman–Crippen MR) is 112 cm³/mol. The number of hydrogen-bond donors (Lipinski definition) is 2. The Morgan fingerprint density at radius 3 is 2.50 bits per heavy atom. The molecule has 0 amide bonds. The molecule has 1 fully saturated rings. The number of nitrogens with one attached hydrogen (secondary N) is 2. The first-order chi connectivity index (χ1) is 12.6. The van der Waals surface area contributed by atoms with Crippen LogP contribution in [0.15, 0.2) is 35.3 Å². The van der Waals surface area contributed by atoms with Crippen molar-refractivity contribution in [3.05, 3.63) is 35.9 Å². The minimum absolute atomic E-state index is 0.324. The zero-order valence-corrected chi connectivity index (χ0v) is 17.0. The summed E-state index contributed by atoms with van der Waals surface area (Å²) in [7, 11) is 6.08. The number of likely N-dealkylation sites (tertiary alicyclic amines) is 1. The smallest absolute Gasteiger partial charge is 0.191 e. The molecule has 0 aliphatic carbocycles. The lowest BCUT2D eigenvalue weighted by Crippen LogP contribution is -2.42. The Labute approximate surface area is 159 Å². The highest BCUT2D eigenvalue weighted by molar-refractivity contribution is 5.79. The highest BCUT2D eigenvalue weighted by Crippen LogP contribution is 2.17. The number of piperidine rings is 1. The second-order valence-corrected chi connectivity index (χ2v) is 7.65. The van der Waals surface area contributed by atoms with Gasteiger partial charge in [-0.3, -0.25) is 4.99 Å². The molecule has 1 aliphatic rings. The number of hydrogen-bond acceptors (Lipinski definition) is 3. The molecule has 26 heavy (non-hydrogen) atoms. The monoisotopic (exact) mass is 359 g/mol. The molecule has 1 unspecified atom stereocenters. The normalized spacial score (nSPS) is 18.1. The topological polar surface area (TPSA) is 42.9 Å². The summed E-state index contributed by atoms with van der Waals surface area (Å²) in [6.45, 7) is 7.86. The maximum Gasteiger partial charge on any atom is 0.191 e. The third kappa shape index (κ3) is 6.96. The lowest BCUT2D eigenvalue weighted by molar-refractivity contribution is 0.191. The van der Waals surface area contributed by atoms with E-state index in [2.05, 4.69) is 76.8 Å². The van der Waals surface area contributed by atoms with E-state index in [4.69, 9.17) is 0 Å². The van der Waals surface area contributed by atoms with E-state index in [0.29, 0.717) is 6.04 Å². The molecular weight excluding hydrogens is 322 g/mol. The fraction of sp³-hybridized carbons (Fsp3) is 0.667. The Hall–Kier alpha value is -1.59. The zero-order valence-electron chi connectivity index (χ0n) is 17.0. The molecule has 1 aliphatic heterocycles. The number of aliphatic imine (C=N–C) groups is 1. The van der Waals surface area contributed by atoms with Gasteiger partial charge in [0, 0.05) is 20.1 Å². The van der Waals surface area contributed by atoms with Crippen LogP contribution >= 0.6 is 0 Å². The quantitative estimate of drug-likeness (QED) is 0.425. The molecule has 5 nitrogen and oxygen atoms in total. The van der Waals surface area contributed by atoms with Crippen molar-refractivity contribution >= 4 is 5.96 Å². The van der Waals surface area contributed by atoms with Crippen LogP contribution in [0.2, 0.25) is 0 Å². The zero-order chi connectivity index (χ0) is 18.8. The minimum Gasteiger partial charge on any atom is -0.356 e. The Kier molecular flexibility index (Phi) is 8.92. The van der Waals surface area contributed by atoms with Crippen LogP contribution in [0.4, 0.5) is 0 Å².